The molecule has 18 heavy (non-hydrogen) atoms. The van der Waals surface area contributed by atoms with Crippen molar-refractivity contribution in [1.29, 1.82) is 0 Å². The molecule has 0 amide bonds. The van der Waals surface area contributed by atoms with E-state index in [9.17, 15) is 9.50 Å². The van der Waals surface area contributed by atoms with E-state index in [4.69, 9.17) is 9.47 Å². The first-order valence-corrected chi connectivity index (χ1v) is 5.96. The average Bonchev–Trinajstić information content (AvgIpc) is 2.77. The van der Waals surface area contributed by atoms with Gasteiger partial charge in [-0.25, -0.2) is 4.39 Å². The van der Waals surface area contributed by atoms with Crippen LogP contribution in [0.4, 0.5) is 4.39 Å². The zero-order valence-electron chi connectivity index (χ0n) is 10.4. The van der Waals surface area contributed by atoms with Gasteiger partial charge in [-0.1, -0.05) is 6.07 Å². The monoisotopic (exact) mass is 255 g/mol. The van der Waals surface area contributed by atoms with Crippen molar-refractivity contribution < 1.29 is 19.0 Å². The fourth-order valence-electron chi connectivity index (χ4n) is 2.00. The van der Waals surface area contributed by atoms with Crippen LogP contribution in [0.3, 0.4) is 0 Å². The molecule has 5 heteroatoms. The number of hydrogen-bond donors (Lipinski definition) is 2. The molecule has 0 aromatic heterocycles. The molecule has 0 saturated carbocycles. The van der Waals surface area contributed by atoms with Crippen molar-refractivity contribution >= 4 is 0 Å². The zero-order valence-corrected chi connectivity index (χ0v) is 10.4. The molecular formula is C13H18FNO3. The average molecular weight is 255 g/mol. The van der Waals surface area contributed by atoms with Gasteiger partial charge in [0.05, 0.1) is 13.7 Å². The summed E-state index contributed by atoms with van der Waals surface area (Å²) in [7, 11) is 1.44. The number of nitrogens with one attached hydrogen (secondary N) is 1. The van der Waals surface area contributed by atoms with Gasteiger partial charge in [0.25, 0.3) is 0 Å². The number of aliphatic hydroxyl groups is 1. The van der Waals surface area contributed by atoms with E-state index in [1.54, 1.807) is 12.1 Å². The molecule has 100 valence electrons. The van der Waals surface area contributed by atoms with Crippen LogP contribution in [-0.4, -0.2) is 37.6 Å². The van der Waals surface area contributed by atoms with Crippen molar-refractivity contribution in [3.63, 3.8) is 0 Å². The second-order valence-electron chi connectivity index (χ2n) is 4.60. The van der Waals surface area contributed by atoms with Gasteiger partial charge in [-0.3, -0.25) is 0 Å². The summed E-state index contributed by atoms with van der Waals surface area (Å²) in [6, 6.07) is 4.82. The number of methoxy groups -OCH3 is 1. The molecule has 0 spiro atoms. The Bertz CT molecular complexity index is 405. The normalized spacial score (nSPS) is 23.3. The Hall–Kier alpha value is -1.17. The Labute approximate surface area is 106 Å². The highest BCUT2D eigenvalue weighted by Gasteiger charge is 2.31. The maximum atomic E-state index is 13.4. The Morgan fingerprint density at radius 1 is 1.56 bits per heavy atom. The van der Waals surface area contributed by atoms with Gasteiger partial charge in [0, 0.05) is 26.1 Å². The quantitative estimate of drug-likeness (QED) is 0.826. The van der Waals surface area contributed by atoms with Crippen LogP contribution in [0.25, 0.3) is 0 Å². The first-order chi connectivity index (χ1) is 8.63. The molecule has 2 rings (SSSR count). The molecule has 4 nitrogen and oxygen atoms in total. The van der Waals surface area contributed by atoms with Crippen molar-refractivity contribution in [2.24, 2.45) is 0 Å². The predicted molar refractivity (Wildman–Crippen MR) is 65.0 cm³/mol. The minimum Gasteiger partial charge on any atom is -0.494 e. The Morgan fingerprint density at radius 2 is 2.39 bits per heavy atom. The van der Waals surface area contributed by atoms with Crippen LogP contribution in [0, 0.1) is 5.82 Å². The predicted octanol–water partition coefficient (Wildman–Crippen LogP) is 1.08. The van der Waals surface area contributed by atoms with E-state index in [2.05, 4.69) is 5.32 Å². The molecule has 1 atom stereocenters. The zero-order chi connectivity index (χ0) is 13.0. The van der Waals surface area contributed by atoms with Crippen LogP contribution in [-0.2, 0) is 11.3 Å². The lowest BCUT2D eigenvalue weighted by Gasteiger charge is -2.20. The molecule has 0 radical (unpaired) electrons. The Morgan fingerprint density at radius 3 is 3.00 bits per heavy atom. The van der Waals surface area contributed by atoms with Gasteiger partial charge >= 0.3 is 0 Å². The van der Waals surface area contributed by atoms with E-state index < -0.39 is 5.60 Å². The van der Waals surface area contributed by atoms with Gasteiger partial charge in [0.15, 0.2) is 11.6 Å². The number of benzene rings is 1. The molecule has 1 aromatic carbocycles. The maximum absolute atomic E-state index is 13.4. The van der Waals surface area contributed by atoms with Crippen LogP contribution < -0.4 is 10.1 Å². The lowest BCUT2D eigenvalue weighted by molar-refractivity contribution is 0.0268. The Balaban J connectivity index is 1.85. The van der Waals surface area contributed by atoms with Crippen LogP contribution in [0.1, 0.15) is 12.0 Å². The summed E-state index contributed by atoms with van der Waals surface area (Å²) in [5.74, 6) is -0.138. The summed E-state index contributed by atoms with van der Waals surface area (Å²) in [6.45, 7) is 1.90. The van der Waals surface area contributed by atoms with Crippen LogP contribution in [0.5, 0.6) is 5.75 Å². The highest BCUT2D eigenvalue weighted by atomic mass is 19.1. The highest BCUT2D eigenvalue weighted by molar-refractivity contribution is 5.29. The first-order valence-electron chi connectivity index (χ1n) is 5.96. The molecule has 1 unspecified atom stereocenters. The molecule has 0 bridgehead atoms. The van der Waals surface area contributed by atoms with E-state index in [1.807, 2.05) is 0 Å². The van der Waals surface area contributed by atoms with Gasteiger partial charge in [0.1, 0.15) is 5.60 Å². The molecule has 1 heterocycles. The van der Waals surface area contributed by atoms with E-state index in [1.165, 1.54) is 13.2 Å². The molecule has 0 aliphatic carbocycles. The number of rotatable bonds is 5. The lowest BCUT2D eigenvalue weighted by atomic mass is 10.0. The minimum absolute atomic E-state index is 0.238. The number of halogens is 1. The van der Waals surface area contributed by atoms with E-state index in [0.717, 1.165) is 5.56 Å². The second kappa shape index (κ2) is 5.65. The van der Waals surface area contributed by atoms with Gasteiger partial charge in [-0.05, 0) is 17.7 Å². The number of ether oxygens (including phenoxy) is 2. The van der Waals surface area contributed by atoms with Gasteiger partial charge in [-0.2, -0.15) is 0 Å². The maximum Gasteiger partial charge on any atom is 0.165 e. The van der Waals surface area contributed by atoms with Crippen molar-refractivity contribution in [3.05, 3.63) is 29.6 Å². The van der Waals surface area contributed by atoms with E-state index >= 15 is 0 Å². The third kappa shape index (κ3) is 3.19. The van der Waals surface area contributed by atoms with Gasteiger partial charge in [-0.15, -0.1) is 0 Å². The summed E-state index contributed by atoms with van der Waals surface area (Å²) in [6.07, 6.45) is 0.636. The largest absolute Gasteiger partial charge is 0.494 e. The van der Waals surface area contributed by atoms with E-state index in [-0.39, 0.29) is 11.6 Å². The van der Waals surface area contributed by atoms with Crippen LogP contribution >= 0.6 is 0 Å². The van der Waals surface area contributed by atoms with Gasteiger partial charge in [0.2, 0.25) is 0 Å². The molecular weight excluding hydrogens is 237 g/mol. The lowest BCUT2D eigenvalue weighted by Crippen LogP contribution is -2.40. The first kappa shape index (κ1) is 13.3. The van der Waals surface area contributed by atoms with Crippen LogP contribution in [0.15, 0.2) is 18.2 Å². The molecule has 2 N–H and O–H groups in total. The summed E-state index contributed by atoms with van der Waals surface area (Å²) in [5, 5.41) is 13.1. The van der Waals surface area contributed by atoms with Crippen LogP contribution in [0.2, 0.25) is 0 Å². The molecule has 1 saturated heterocycles. The third-order valence-electron chi connectivity index (χ3n) is 3.08. The van der Waals surface area contributed by atoms with Crippen molar-refractivity contribution in [1.82, 2.24) is 5.32 Å². The van der Waals surface area contributed by atoms with Gasteiger partial charge < -0.3 is 19.9 Å². The fraction of sp³-hybridized carbons (Fsp3) is 0.538. The van der Waals surface area contributed by atoms with E-state index in [0.29, 0.717) is 32.7 Å². The van der Waals surface area contributed by atoms with Crippen molar-refractivity contribution in [2.45, 2.75) is 18.6 Å². The minimum atomic E-state index is -0.787. The summed E-state index contributed by atoms with van der Waals surface area (Å²) >= 11 is 0. The summed E-state index contributed by atoms with van der Waals surface area (Å²) in [5.41, 5.74) is 0.0289. The third-order valence-corrected chi connectivity index (χ3v) is 3.08. The topological polar surface area (TPSA) is 50.7 Å². The van der Waals surface area contributed by atoms with Crippen molar-refractivity contribution in [3.8, 4) is 5.75 Å². The summed E-state index contributed by atoms with van der Waals surface area (Å²) in [4.78, 5) is 0. The molecule has 1 aliphatic heterocycles. The smallest absolute Gasteiger partial charge is 0.165 e. The Kier molecular flexibility index (Phi) is 4.16. The number of hydrogen-bond acceptors (Lipinski definition) is 4. The molecule has 1 aromatic rings. The second-order valence-corrected chi connectivity index (χ2v) is 4.60. The summed E-state index contributed by atoms with van der Waals surface area (Å²) < 4.78 is 23.4. The molecule has 1 fully saturated rings. The fourth-order valence-corrected chi connectivity index (χ4v) is 2.00. The standard InChI is InChI=1S/C13H18FNO3/c1-17-12-3-2-10(6-11(12)14)7-15-8-13(16)4-5-18-9-13/h2-3,6,15-16H,4-5,7-9H2,1H3. The SMILES string of the molecule is COc1ccc(CNCC2(O)CCOC2)cc1F. The molecule has 1 aliphatic rings. The highest BCUT2D eigenvalue weighted by Crippen LogP contribution is 2.19. The van der Waals surface area contributed by atoms with Crippen molar-refractivity contribution in [2.75, 3.05) is 26.9 Å².